The van der Waals surface area contributed by atoms with Crippen LogP contribution in [-0.2, 0) is 28.5 Å². The van der Waals surface area contributed by atoms with E-state index in [1.165, 1.54) is 13.3 Å². The number of methoxy groups -OCH3 is 2. The summed E-state index contributed by atoms with van der Waals surface area (Å²) in [6.45, 7) is 10.9. The van der Waals surface area contributed by atoms with Crippen LogP contribution >= 0.6 is 0 Å². The molecule has 2 spiro atoms. The Balaban J connectivity index is 1.74. The predicted octanol–water partition coefficient (Wildman–Crippen LogP) is 4.44. The van der Waals surface area contributed by atoms with E-state index in [0.29, 0.717) is 6.42 Å². The summed E-state index contributed by atoms with van der Waals surface area (Å²) in [5.74, 6) is 0.355. The number of ether oxygens (including phenoxy) is 5. The zero-order valence-electron chi connectivity index (χ0n) is 19.8. The second-order valence-corrected chi connectivity index (χ2v) is 11.2. The van der Waals surface area contributed by atoms with Crippen molar-refractivity contribution < 1.29 is 28.5 Å². The van der Waals surface area contributed by atoms with Crippen LogP contribution in [0.25, 0.3) is 0 Å². The third kappa shape index (κ3) is 3.08. The first-order valence-electron chi connectivity index (χ1n) is 11.6. The quantitative estimate of drug-likeness (QED) is 0.624. The Labute approximate surface area is 181 Å². The van der Waals surface area contributed by atoms with Crippen LogP contribution in [0.4, 0.5) is 0 Å². The lowest BCUT2D eigenvalue weighted by Gasteiger charge is -2.65. The van der Waals surface area contributed by atoms with E-state index in [-0.39, 0.29) is 46.6 Å². The number of carbonyl (C=O) groups is 1. The van der Waals surface area contributed by atoms with E-state index in [4.69, 9.17) is 23.7 Å². The summed E-state index contributed by atoms with van der Waals surface area (Å²) in [4.78, 5) is 12.0. The Morgan fingerprint density at radius 1 is 1.03 bits per heavy atom. The Kier molecular flexibility index (Phi) is 5.57. The van der Waals surface area contributed by atoms with Gasteiger partial charge in [0.1, 0.15) is 11.7 Å². The molecule has 0 amide bonds. The van der Waals surface area contributed by atoms with Crippen molar-refractivity contribution in [3.63, 3.8) is 0 Å². The minimum absolute atomic E-state index is 0.0617. The zero-order chi connectivity index (χ0) is 21.9. The third-order valence-corrected chi connectivity index (χ3v) is 9.08. The van der Waals surface area contributed by atoms with Gasteiger partial charge in [-0.05, 0) is 43.4 Å². The average Bonchev–Trinajstić information content (AvgIpc) is 3.21. The van der Waals surface area contributed by atoms with Crippen LogP contribution in [0, 0.1) is 22.7 Å². The molecule has 2 aliphatic carbocycles. The summed E-state index contributed by atoms with van der Waals surface area (Å²) in [6.07, 6.45) is 6.03. The Bertz CT molecular complexity index is 679. The second-order valence-electron chi connectivity index (χ2n) is 11.2. The summed E-state index contributed by atoms with van der Waals surface area (Å²) >= 11 is 0. The van der Waals surface area contributed by atoms with E-state index in [9.17, 15) is 4.79 Å². The van der Waals surface area contributed by atoms with Crippen molar-refractivity contribution in [1.82, 2.24) is 0 Å². The van der Waals surface area contributed by atoms with Gasteiger partial charge < -0.3 is 23.7 Å². The molecule has 0 aromatic rings. The van der Waals surface area contributed by atoms with Gasteiger partial charge in [0.2, 0.25) is 0 Å². The summed E-state index contributed by atoms with van der Waals surface area (Å²) in [7, 11) is 3.36. The van der Waals surface area contributed by atoms with E-state index >= 15 is 0 Å². The molecule has 2 saturated heterocycles. The fourth-order valence-electron chi connectivity index (χ4n) is 8.06. The van der Waals surface area contributed by atoms with Crippen LogP contribution < -0.4 is 0 Å². The lowest BCUT2D eigenvalue weighted by molar-refractivity contribution is -0.296. The maximum absolute atomic E-state index is 12.0. The van der Waals surface area contributed by atoms with E-state index in [2.05, 4.69) is 27.7 Å². The molecule has 2 saturated carbocycles. The summed E-state index contributed by atoms with van der Waals surface area (Å²) < 4.78 is 30.5. The van der Waals surface area contributed by atoms with Crippen molar-refractivity contribution in [2.75, 3.05) is 14.2 Å². The van der Waals surface area contributed by atoms with E-state index in [1.807, 2.05) is 0 Å². The minimum atomic E-state index is -0.479. The fourth-order valence-corrected chi connectivity index (χ4v) is 8.06. The highest BCUT2D eigenvalue weighted by Gasteiger charge is 2.72. The third-order valence-electron chi connectivity index (χ3n) is 9.08. The van der Waals surface area contributed by atoms with E-state index in [0.717, 1.165) is 32.1 Å². The molecule has 0 aromatic heterocycles. The van der Waals surface area contributed by atoms with Gasteiger partial charge in [0.05, 0.1) is 5.60 Å². The molecule has 172 valence electrons. The Morgan fingerprint density at radius 3 is 2.40 bits per heavy atom. The van der Waals surface area contributed by atoms with Crippen molar-refractivity contribution in [3.05, 3.63) is 0 Å². The van der Waals surface area contributed by atoms with Crippen LogP contribution in [0.3, 0.4) is 0 Å². The molecule has 2 heterocycles. The highest BCUT2D eigenvalue weighted by molar-refractivity contribution is 5.66. The zero-order valence-corrected chi connectivity index (χ0v) is 19.8. The van der Waals surface area contributed by atoms with Gasteiger partial charge in [0.25, 0.3) is 0 Å². The van der Waals surface area contributed by atoms with E-state index in [1.54, 1.807) is 14.2 Å². The molecule has 4 rings (SSSR count). The SMILES string of the molecule is CO[C@@H]1C[C@]2(CC[C@]3(O2)[C@@H](C)C[C@H](OC(C)=O)[C@@H]2C(C)(C)CCC[C@]23C)[C@H](OC)O1. The van der Waals surface area contributed by atoms with Crippen molar-refractivity contribution >= 4 is 5.97 Å². The molecule has 0 aromatic carbocycles. The molecule has 4 fully saturated rings. The molecule has 0 bridgehead atoms. The van der Waals surface area contributed by atoms with Crippen LogP contribution in [0.2, 0.25) is 0 Å². The standard InChI is InChI=1S/C24H40O6/c1-15-13-17(28-16(2)25)19-21(3,4)9-8-10-22(19,5)24(15)12-11-23(30-24)14-18(26-6)29-20(23)27-7/h15,17-20H,8-14H2,1-7H3/t15-,17-,18-,19+,20+,22+,23+,24-/m0/s1. The second kappa shape index (κ2) is 7.43. The summed E-state index contributed by atoms with van der Waals surface area (Å²) in [5, 5.41) is 0. The maximum atomic E-state index is 12.0. The van der Waals surface area contributed by atoms with Crippen molar-refractivity contribution in [3.8, 4) is 0 Å². The summed E-state index contributed by atoms with van der Waals surface area (Å²) in [5.41, 5.74) is -0.761. The van der Waals surface area contributed by atoms with Crippen LogP contribution in [0.1, 0.15) is 79.6 Å². The van der Waals surface area contributed by atoms with Gasteiger partial charge >= 0.3 is 5.97 Å². The molecule has 6 nitrogen and oxygen atoms in total. The number of hydrogen-bond donors (Lipinski definition) is 0. The molecule has 0 N–H and O–H groups in total. The molecule has 8 atom stereocenters. The molecule has 2 aliphatic heterocycles. The van der Waals surface area contributed by atoms with E-state index < -0.39 is 11.9 Å². The van der Waals surface area contributed by atoms with Crippen LogP contribution in [0.5, 0.6) is 0 Å². The van der Waals surface area contributed by atoms with Crippen molar-refractivity contribution in [1.29, 1.82) is 0 Å². The maximum Gasteiger partial charge on any atom is 0.302 e. The average molecular weight is 425 g/mol. The fraction of sp³-hybridized carbons (Fsp3) is 0.958. The highest BCUT2D eigenvalue weighted by atomic mass is 16.8. The lowest BCUT2D eigenvalue weighted by Crippen LogP contribution is -2.67. The first kappa shape index (κ1) is 22.5. The van der Waals surface area contributed by atoms with Gasteiger partial charge in [-0.3, -0.25) is 4.79 Å². The van der Waals surface area contributed by atoms with Gasteiger partial charge in [0.15, 0.2) is 12.6 Å². The monoisotopic (exact) mass is 424 g/mol. The molecular weight excluding hydrogens is 384 g/mol. The topological polar surface area (TPSA) is 63.2 Å². The first-order valence-corrected chi connectivity index (χ1v) is 11.6. The van der Waals surface area contributed by atoms with Gasteiger partial charge in [-0.15, -0.1) is 0 Å². The van der Waals surface area contributed by atoms with Crippen molar-refractivity contribution in [2.45, 2.75) is 109 Å². The number of esters is 1. The smallest absolute Gasteiger partial charge is 0.302 e. The highest BCUT2D eigenvalue weighted by Crippen LogP contribution is 2.69. The normalized spacial score (nSPS) is 50.0. The predicted molar refractivity (Wildman–Crippen MR) is 112 cm³/mol. The van der Waals surface area contributed by atoms with Crippen LogP contribution in [0.15, 0.2) is 0 Å². The van der Waals surface area contributed by atoms with Gasteiger partial charge in [-0.2, -0.15) is 0 Å². The summed E-state index contributed by atoms with van der Waals surface area (Å²) in [6, 6.07) is 0. The van der Waals surface area contributed by atoms with Crippen molar-refractivity contribution in [2.24, 2.45) is 22.7 Å². The Hall–Kier alpha value is -0.690. The number of rotatable bonds is 3. The largest absolute Gasteiger partial charge is 0.462 e. The number of fused-ring (bicyclic) bond motifs is 2. The van der Waals surface area contributed by atoms with Gasteiger partial charge in [-0.1, -0.05) is 34.1 Å². The minimum Gasteiger partial charge on any atom is -0.462 e. The lowest BCUT2D eigenvalue weighted by atomic mass is 9.43. The number of hydrogen-bond acceptors (Lipinski definition) is 6. The molecule has 30 heavy (non-hydrogen) atoms. The molecule has 0 radical (unpaired) electrons. The molecule has 0 unspecified atom stereocenters. The molecule has 4 aliphatic rings. The number of carbonyl (C=O) groups excluding carboxylic acids is 1. The van der Waals surface area contributed by atoms with Gasteiger partial charge in [-0.25, -0.2) is 0 Å². The van der Waals surface area contributed by atoms with Crippen LogP contribution in [-0.4, -0.2) is 50.1 Å². The first-order chi connectivity index (χ1) is 14.0. The molecule has 6 heteroatoms. The molecular formula is C24H40O6. The van der Waals surface area contributed by atoms with Gasteiger partial charge in [0, 0.05) is 38.9 Å². The Morgan fingerprint density at radius 2 is 1.77 bits per heavy atom.